The SMILES string of the molecule is COc1cc(/C=C2\SC(=O)N(CCCc3ccccc3)C2=O)ccc1O. The summed E-state index contributed by atoms with van der Waals surface area (Å²) in [5.41, 5.74) is 1.88. The molecule has 6 heteroatoms. The van der Waals surface area contributed by atoms with E-state index in [1.807, 2.05) is 30.3 Å². The average Bonchev–Trinajstić information content (AvgIpc) is 2.91. The van der Waals surface area contributed by atoms with Crippen LogP contribution in [0.15, 0.2) is 53.4 Å². The van der Waals surface area contributed by atoms with Gasteiger partial charge in [-0.3, -0.25) is 14.5 Å². The van der Waals surface area contributed by atoms with Crippen molar-refractivity contribution in [2.75, 3.05) is 13.7 Å². The van der Waals surface area contributed by atoms with Crippen molar-refractivity contribution in [3.63, 3.8) is 0 Å². The summed E-state index contributed by atoms with van der Waals surface area (Å²) in [4.78, 5) is 26.4. The summed E-state index contributed by atoms with van der Waals surface area (Å²) in [6.07, 6.45) is 3.18. The number of thioether (sulfide) groups is 1. The lowest BCUT2D eigenvalue weighted by atomic mass is 10.1. The van der Waals surface area contributed by atoms with Crippen LogP contribution in [0.4, 0.5) is 4.79 Å². The van der Waals surface area contributed by atoms with Crippen molar-refractivity contribution in [1.82, 2.24) is 4.90 Å². The maximum Gasteiger partial charge on any atom is 0.293 e. The molecule has 2 aromatic carbocycles. The zero-order valence-electron chi connectivity index (χ0n) is 14.3. The number of ether oxygens (including phenoxy) is 1. The molecule has 0 bridgehead atoms. The Kier molecular flexibility index (Phi) is 5.63. The van der Waals surface area contributed by atoms with Crippen molar-refractivity contribution in [2.24, 2.45) is 0 Å². The summed E-state index contributed by atoms with van der Waals surface area (Å²) in [6.45, 7) is 0.399. The molecule has 3 rings (SSSR count). The number of amides is 2. The minimum absolute atomic E-state index is 0.0265. The Labute approximate surface area is 156 Å². The highest BCUT2D eigenvalue weighted by atomic mass is 32.2. The molecule has 1 saturated heterocycles. The zero-order chi connectivity index (χ0) is 18.5. The number of aryl methyl sites for hydroxylation is 1. The molecule has 0 atom stereocenters. The van der Waals surface area contributed by atoms with Crippen LogP contribution >= 0.6 is 11.8 Å². The van der Waals surface area contributed by atoms with E-state index in [0.29, 0.717) is 22.8 Å². The number of benzene rings is 2. The van der Waals surface area contributed by atoms with Gasteiger partial charge in [-0.05, 0) is 53.9 Å². The normalized spacial score (nSPS) is 15.7. The second kappa shape index (κ2) is 8.10. The number of rotatable bonds is 6. The highest BCUT2D eigenvalue weighted by Crippen LogP contribution is 2.34. The molecule has 0 radical (unpaired) electrons. The molecule has 2 aromatic rings. The number of aromatic hydroxyl groups is 1. The van der Waals surface area contributed by atoms with Crippen LogP contribution in [0, 0.1) is 0 Å². The molecule has 0 unspecified atom stereocenters. The number of hydrogen-bond acceptors (Lipinski definition) is 5. The van der Waals surface area contributed by atoms with Crippen LogP contribution < -0.4 is 4.74 Å². The largest absolute Gasteiger partial charge is 0.504 e. The molecule has 26 heavy (non-hydrogen) atoms. The summed E-state index contributed by atoms with van der Waals surface area (Å²) in [5, 5.41) is 9.39. The predicted octanol–water partition coefficient (Wildman–Crippen LogP) is 4.07. The molecular formula is C20H19NO4S. The van der Waals surface area contributed by atoms with E-state index in [0.717, 1.165) is 24.6 Å². The van der Waals surface area contributed by atoms with E-state index in [1.165, 1.54) is 23.6 Å². The van der Waals surface area contributed by atoms with Gasteiger partial charge in [-0.2, -0.15) is 0 Å². The first-order valence-electron chi connectivity index (χ1n) is 8.25. The Morgan fingerprint density at radius 1 is 1.15 bits per heavy atom. The quantitative estimate of drug-likeness (QED) is 0.778. The van der Waals surface area contributed by atoms with Gasteiger partial charge in [-0.25, -0.2) is 0 Å². The molecule has 134 valence electrons. The molecular weight excluding hydrogens is 350 g/mol. The summed E-state index contributed by atoms with van der Waals surface area (Å²) >= 11 is 0.936. The maximum atomic E-state index is 12.5. The lowest BCUT2D eigenvalue weighted by Crippen LogP contribution is -2.29. The second-order valence-electron chi connectivity index (χ2n) is 5.85. The van der Waals surface area contributed by atoms with Gasteiger partial charge in [0.1, 0.15) is 0 Å². The van der Waals surface area contributed by atoms with Crippen LogP contribution in [0.5, 0.6) is 11.5 Å². The van der Waals surface area contributed by atoms with E-state index in [2.05, 4.69) is 0 Å². The van der Waals surface area contributed by atoms with Crippen molar-refractivity contribution < 1.29 is 19.4 Å². The van der Waals surface area contributed by atoms with Gasteiger partial charge in [0.2, 0.25) is 0 Å². The van der Waals surface area contributed by atoms with Crippen molar-refractivity contribution in [3.05, 3.63) is 64.6 Å². The molecule has 1 N–H and O–H groups in total. The Bertz CT molecular complexity index is 848. The number of phenolic OH excluding ortho intramolecular Hbond substituents is 1. The zero-order valence-corrected chi connectivity index (χ0v) is 15.2. The van der Waals surface area contributed by atoms with E-state index in [1.54, 1.807) is 18.2 Å². The topological polar surface area (TPSA) is 66.8 Å². The van der Waals surface area contributed by atoms with E-state index in [-0.39, 0.29) is 16.9 Å². The summed E-state index contributed by atoms with van der Waals surface area (Å²) < 4.78 is 5.07. The molecule has 0 aliphatic carbocycles. The molecule has 5 nitrogen and oxygen atoms in total. The first-order valence-corrected chi connectivity index (χ1v) is 9.06. The smallest absolute Gasteiger partial charge is 0.293 e. The van der Waals surface area contributed by atoms with E-state index < -0.39 is 0 Å². The van der Waals surface area contributed by atoms with Crippen LogP contribution in [0.25, 0.3) is 6.08 Å². The molecule has 1 aliphatic heterocycles. The van der Waals surface area contributed by atoms with Gasteiger partial charge in [-0.1, -0.05) is 36.4 Å². The molecule has 1 fully saturated rings. The molecule has 1 aliphatic rings. The van der Waals surface area contributed by atoms with Gasteiger partial charge in [0.15, 0.2) is 11.5 Å². The minimum atomic E-state index is -0.278. The molecule has 0 saturated carbocycles. The molecule has 0 aromatic heterocycles. The van der Waals surface area contributed by atoms with Crippen molar-refractivity contribution in [3.8, 4) is 11.5 Å². The van der Waals surface area contributed by atoms with E-state index >= 15 is 0 Å². The fourth-order valence-electron chi connectivity index (χ4n) is 2.71. The van der Waals surface area contributed by atoms with Gasteiger partial charge >= 0.3 is 0 Å². The van der Waals surface area contributed by atoms with E-state index in [4.69, 9.17) is 4.74 Å². The Morgan fingerprint density at radius 2 is 1.92 bits per heavy atom. The first-order chi connectivity index (χ1) is 12.6. The number of nitrogens with zero attached hydrogens (tertiary/aromatic N) is 1. The Morgan fingerprint density at radius 3 is 2.65 bits per heavy atom. The van der Waals surface area contributed by atoms with Crippen LogP contribution in [0.3, 0.4) is 0 Å². The average molecular weight is 369 g/mol. The van der Waals surface area contributed by atoms with Gasteiger partial charge in [0.05, 0.1) is 12.0 Å². The third kappa shape index (κ3) is 4.08. The molecule has 0 spiro atoms. The van der Waals surface area contributed by atoms with Gasteiger partial charge in [-0.15, -0.1) is 0 Å². The fraction of sp³-hybridized carbons (Fsp3) is 0.200. The van der Waals surface area contributed by atoms with Crippen LogP contribution in [0.2, 0.25) is 0 Å². The highest BCUT2D eigenvalue weighted by molar-refractivity contribution is 8.18. The number of carbonyl (C=O) groups excluding carboxylic acids is 2. The van der Waals surface area contributed by atoms with Gasteiger partial charge in [0.25, 0.3) is 11.1 Å². The summed E-state index contributed by atoms with van der Waals surface area (Å²) in [7, 11) is 1.46. The Hall–Kier alpha value is -2.73. The van der Waals surface area contributed by atoms with Crippen molar-refractivity contribution in [1.29, 1.82) is 0 Å². The standard InChI is InChI=1S/C20H19NO4S/c1-25-17-12-15(9-10-16(17)22)13-18-19(23)21(20(24)26-18)11-5-8-14-6-3-2-4-7-14/h2-4,6-7,9-10,12-13,22H,5,8,11H2,1H3/b18-13-. The Balaban J connectivity index is 1.66. The first kappa shape index (κ1) is 18.1. The summed E-state index contributed by atoms with van der Waals surface area (Å²) in [6, 6.07) is 14.8. The molecule has 1 heterocycles. The molecule has 2 amide bonds. The lowest BCUT2D eigenvalue weighted by molar-refractivity contribution is -0.122. The van der Waals surface area contributed by atoms with Crippen molar-refractivity contribution in [2.45, 2.75) is 12.8 Å². The number of hydrogen-bond donors (Lipinski definition) is 1. The predicted molar refractivity (Wildman–Crippen MR) is 102 cm³/mol. The van der Waals surface area contributed by atoms with Crippen molar-refractivity contribution >= 4 is 29.0 Å². The van der Waals surface area contributed by atoms with Crippen LogP contribution in [0.1, 0.15) is 17.5 Å². The van der Waals surface area contributed by atoms with Crippen LogP contribution in [-0.2, 0) is 11.2 Å². The number of phenols is 1. The fourth-order valence-corrected chi connectivity index (χ4v) is 3.58. The number of imide groups is 1. The van der Waals surface area contributed by atoms with Gasteiger partial charge < -0.3 is 9.84 Å². The summed E-state index contributed by atoms with van der Waals surface area (Å²) in [5.74, 6) is 0.0691. The lowest BCUT2D eigenvalue weighted by Gasteiger charge is -2.12. The van der Waals surface area contributed by atoms with Crippen LogP contribution in [-0.4, -0.2) is 34.8 Å². The monoisotopic (exact) mass is 369 g/mol. The minimum Gasteiger partial charge on any atom is -0.504 e. The maximum absolute atomic E-state index is 12.5. The highest BCUT2D eigenvalue weighted by Gasteiger charge is 2.34. The third-order valence-electron chi connectivity index (χ3n) is 4.07. The number of methoxy groups -OCH3 is 1. The number of carbonyl (C=O) groups is 2. The van der Waals surface area contributed by atoms with E-state index in [9.17, 15) is 14.7 Å². The third-order valence-corrected chi connectivity index (χ3v) is 4.97. The second-order valence-corrected chi connectivity index (χ2v) is 6.85. The van der Waals surface area contributed by atoms with Gasteiger partial charge in [0, 0.05) is 6.54 Å².